The van der Waals surface area contributed by atoms with Crippen molar-refractivity contribution in [3.05, 3.63) is 64.5 Å². The number of thiophene rings is 1. The SMILES string of the molecule is O=C(NCCc1ccccc1Cl)c1ncoc1-c1cccs1. The molecule has 1 N–H and O–H groups in total. The minimum atomic E-state index is -0.246. The zero-order chi connectivity index (χ0) is 15.4. The predicted molar refractivity (Wildman–Crippen MR) is 87.3 cm³/mol. The molecule has 1 aromatic carbocycles. The van der Waals surface area contributed by atoms with Gasteiger partial charge in [-0.1, -0.05) is 35.9 Å². The highest BCUT2D eigenvalue weighted by Gasteiger charge is 2.18. The van der Waals surface area contributed by atoms with Crippen LogP contribution in [0.2, 0.25) is 5.02 Å². The van der Waals surface area contributed by atoms with Crippen molar-refractivity contribution in [2.45, 2.75) is 6.42 Å². The van der Waals surface area contributed by atoms with E-state index in [1.807, 2.05) is 41.8 Å². The lowest BCUT2D eigenvalue weighted by atomic mass is 10.1. The van der Waals surface area contributed by atoms with E-state index in [0.29, 0.717) is 29.4 Å². The number of carbonyl (C=O) groups excluding carboxylic acids is 1. The summed E-state index contributed by atoms with van der Waals surface area (Å²) in [5.41, 5.74) is 1.31. The molecule has 0 unspecified atom stereocenters. The molecule has 0 saturated carbocycles. The average Bonchev–Trinajstić information content (AvgIpc) is 3.19. The summed E-state index contributed by atoms with van der Waals surface area (Å²) in [6.45, 7) is 0.485. The molecule has 3 aromatic rings. The van der Waals surface area contributed by atoms with Crippen molar-refractivity contribution in [2.24, 2.45) is 0 Å². The molecule has 0 radical (unpaired) electrons. The van der Waals surface area contributed by atoms with E-state index in [0.717, 1.165) is 10.4 Å². The molecular formula is C16H13ClN2O2S. The van der Waals surface area contributed by atoms with Crippen LogP contribution in [-0.4, -0.2) is 17.4 Å². The Morgan fingerprint density at radius 3 is 2.91 bits per heavy atom. The number of oxazole rings is 1. The highest BCUT2D eigenvalue weighted by atomic mass is 35.5. The van der Waals surface area contributed by atoms with E-state index in [2.05, 4.69) is 10.3 Å². The van der Waals surface area contributed by atoms with Crippen LogP contribution >= 0.6 is 22.9 Å². The monoisotopic (exact) mass is 332 g/mol. The number of amides is 1. The summed E-state index contributed by atoms with van der Waals surface area (Å²) in [5.74, 6) is 0.259. The van der Waals surface area contributed by atoms with Gasteiger partial charge in [0.1, 0.15) is 0 Å². The quantitative estimate of drug-likeness (QED) is 0.767. The molecule has 0 saturated heterocycles. The summed E-state index contributed by atoms with van der Waals surface area (Å²) in [4.78, 5) is 17.1. The Balaban J connectivity index is 1.64. The number of nitrogens with zero attached hydrogens (tertiary/aromatic N) is 1. The maximum absolute atomic E-state index is 12.2. The van der Waals surface area contributed by atoms with Crippen LogP contribution in [0.4, 0.5) is 0 Å². The lowest BCUT2D eigenvalue weighted by molar-refractivity contribution is 0.0950. The summed E-state index contributed by atoms with van der Waals surface area (Å²) in [6, 6.07) is 11.4. The van der Waals surface area contributed by atoms with Gasteiger partial charge in [-0.25, -0.2) is 4.98 Å². The normalized spacial score (nSPS) is 10.6. The van der Waals surface area contributed by atoms with Crippen LogP contribution in [0.15, 0.2) is 52.6 Å². The Hall–Kier alpha value is -2.11. The third-order valence-electron chi connectivity index (χ3n) is 3.17. The van der Waals surface area contributed by atoms with E-state index in [-0.39, 0.29) is 5.91 Å². The zero-order valence-corrected chi connectivity index (χ0v) is 13.2. The molecule has 2 aromatic heterocycles. The van der Waals surface area contributed by atoms with E-state index in [4.69, 9.17) is 16.0 Å². The van der Waals surface area contributed by atoms with Crippen LogP contribution in [0.25, 0.3) is 10.6 Å². The van der Waals surface area contributed by atoms with Gasteiger partial charge < -0.3 is 9.73 Å². The molecule has 0 bridgehead atoms. The molecule has 0 spiro atoms. The number of hydrogen-bond acceptors (Lipinski definition) is 4. The Labute approximate surface area is 136 Å². The van der Waals surface area contributed by atoms with Crippen molar-refractivity contribution in [3.63, 3.8) is 0 Å². The fraction of sp³-hybridized carbons (Fsp3) is 0.125. The molecular weight excluding hydrogens is 320 g/mol. The smallest absolute Gasteiger partial charge is 0.273 e. The molecule has 0 aliphatic heterocycles. The molecule has 2 heterocycles. The summed E-state index contributed by atoms with van der Waals surface area (Å²) in [5, 5.41) is 5.48. The number of halogens is 1. The third-order valence-corrected chi connectivity index (χ3v) is 4.40. The highest BCUT2D eigenvalue weighted by Crippen LogP contribution is 2.27. The largest absolute Gasteiger partial charge is 0.442 e. The fourth-order valence-electron chi connectivity index (χ4n) is 2.09. The van der Waals surface area contributed by atoms with Crippen LogP contribution in [0.1, 0.15) is 16.1 Å². The average molecular weight is 333 g/mol. The van der Waals surface area contributed by atoms with E-state index in [1.165, 1.54) is 17.7 Å². The first-order valence-electron chi connectivity index (χ1n) is 6.74. The Morgan fingerprint density at radius 1 is 1.27 bits per heavy atom. The van der Waals surface area contributed by atoms with Gasteiger partial charge in [-0.3, -0.25) is 4.79 Å². The van der Waals surface area contributed by atoms with Crippen molar-refractivity contribution in [2.75, 3.05) is 6.54 Å². The topological polar surface area (TPSA) is 55.1 Å². The lowest BCUT2D eigenvalue weighted by Crippen LogP contribution is -2.26. The molecule has 3 rings (SSSR count). The van der Waals surface area contributed by atoms with Gasteiger partial charge in [0.05, 0.1) is 4.88 Å². The summed E-state index contributed by atoms with van der Waals surface area (Å²) < 4.78 is 5.33. The van der Waals surface area contributed by atoms with Gasteiger partial charge in [0.2, 0.25) is 0 Å². The van der Waals surface area contributed by atoms with Gasteiger partial charge in [-0.2, -0.15) is 0 Å². The van der Waals surface area contributed by atoms with Crippen molar-refractivity contribution >= 4 is 28.8 Å². The molecule has 4 nitrogen and oxygen atoms in total. The van der Waals surface area contributed by atoms with Crippen LogP contribution in [0.5, 0.6) is 0 Å². The Morgan fingerprint density at radius 2 is 2.14 bits per heavy atom. The van der Waals surface area contributed by atoms with Gasteiger partial charge >= 0.3 is 0 Å². The lowest BCUT2D eigenvalue weighted by Gasteiger charge is -2.05. The van der Waals surface area contributed by atoms with Crippen molar-refractivity contribution in [3.8, 4) is 10.6 Å². The van der Waals surface area contributed by atoms with Gasteiger partial charge in [-0.05, 0) is 29.5 Å². The molecule has 112 valence electrons. The minimum absolute atomic E-state index is 0.246. The van der Waals surface area contributed by atoms with Gasteiger partial charge in [0.15, 0.2) is 17.8 Å². The highest BCUT2D eigenvalue weighted by molar-refractivity contribution is 7.13. The number of benzene rings is 1. The molecule has 22 heavy (non-hydrogen) atoms. The minimum Gasteiger partial charge on any atom is -0.442 e. The predicted octanol–water partition coefficient (Wildman–Crippen LogP) is 4.03. The second kappa shape index (κ2) is 6.77. The molecule has 0 aliphatic rings. The van der Waals surface area contributed by atoms with Crippen LogP contribution < -0.4 is 5.32 Å². The number of rotatable bonds is 5. The standard InChI is InChI=1S/C16H13ClN2O2S/c17-12-5-2-1-4-11(12)7-8-18-16(20)14-15(21-10-19-14)13-6-3-9-22-13/h1-6,9-10H,7-8H2,(H,18,20). The molecule has 0 fully saturated rings. The van der Waals surface area contributed by atoms with Gasteiger partial charge in [0, 0.05) is 11.6 Å². The maximum Gasteiger partial charge on any atom is 0.273 e. The van der Waals surface area contributed by atoms with Crippen LogP contribution in [0.3, 0.4) is 0 Å². The van der Waals surface area contributed by atoms with Gasteiger partial charge in [-0.15, -0.1) is 11.3 Å². The molecule has 6 heteroatoms. The van der Waals surface area contributed by atoms with E-state index in [1.54, 1.807) is 0 Å². The van der Waals surface area contributed by atoms with Gasteiger partial charge in [0.25, 0.3) is 5.91 Å². The first-order valence-corrected chi connectivity index (χ1v) is 8.00. The van der Waals surface area contributed by atoms with Crippen LogP contribution in [-0.2, 0) is 6.42 Å². The van der Waals surface area contributed by atoms with E-state index >= 15 is 0 Å². The summed E-state index contributed by atoms with van der Waals surface area (Å²) in [7, 11) is 0. The molecule has 1 amide bonds. The second-order valence-corrected chi connectivity index (χ2v) is 5.96. The first kappa shape index (κ1) is 14.8. The van der Waals surface area contributed by atoms with E-state index < -0.39 is 0 Å². The summed E-state index contributed by atoms with van der Waals surface area (Å²) in [6.07, 6.45) is 1.95. The van der Waals surface area contributed by atoms with E-state index in [9.17, 15) is 4.79 Å². The van der Waals surface area contributed by atoms with Crippen molar-refractivity contribution in [1.82, 2.24) is 10.3 Å². The number of carbonyl (C=O) groups is 1. The van der Waals surface area contributed by atoms with Crippen molar-refractivity contribution < 1.29 is 9.21 Å². The number of hydrogen-bond donors (Lipinski definition) is 1. The van der Waals surface area contributed by atoms with Crippen LogP contribution in [0, 0.1) is 0 Å². The second-order valence-electron chi connectivity index (χ2n) is 4.60. The summed E-state index contributed by atoms with van der Waals surface area (Å²) >= 11 is 7.60. The number of aromatic nitrogens is 1. The number of nitrogens with one attached hydrogen (secondary N) is 1. The van der Waals surface area contributed by atoms with Crippen molar-refractivity contribution in [1.29, 1.82) is 0 Å². The fourth-order valence-corrected chi connectivity index (χ4v) is 3.03. The Kier molecular flexibility index (Phi) is 4.56. The maximum atomic E-state index is 12.2. The zero-order valence-electron chi connectivity index (χ0n) is 11.6. The third kappa shape index (κ3) is 3.21. The molecule has 0 atom stereocenters. The first-order chi connectivity index (χ1) is 10.8. The molecule has 0 aliphatic carbocycles. The Bertz CT molecular complexity index is 768.